The number of rotatable bonds is 10. The number of aromatic nitrogens is 1. The first kappa shape index (κ1) is 33.8. The van der Waals surface area contributed by atoms with E-state index in [9.17, 15) is 19.6 Å². The Morgan fingerprint density at radius 1 is 0.923 bits per heavy atom. The Morgan fingerprint density at radius 3 is 2.54 bits per heavy atom. The molecule has 8 rings (SSSR count). The molecular weight excluding hydrogens is 654 g/mol. The number of benzene rings is 3. The summed E-state index contributed by atoms with van der Waals surface area (Å²) in [5.41, 5.74) is 8.10. The first-order chi connectivity index (χ1) is 25.4. The first-order valence-electron chi connectivity index (χ1n) is 18.6. The topological polar surface area (TPSA) is 125 Å². The van der Waals surface area contributed by atoms with E-state index in [4.69, 9.17) is 4.74 Å². The lowest BCUT2D eigenvalue weighted by molar-refractivity contribution is -0.136. The smallest absolute Gasteiger partial charge is 0.255 e. The molecule has 4 aliphatic heterocycles. The van der Waals surface area contributed by atoms with Gasteiger partial charge < -0.3 is 24.4 Å². The molecule has 3 amide bonds. The molecule has 3 saturated heterocycles. The van der Waals surface area contributed by atoms with E-state index >= 15 is 0 Å². The van der Waals surface area contributed by atoms with Gasteiger partial charge in [0.15, 0.2) is 0 Å². The van der Waals surface area contributed by atoms with Gasteiger partial charge in [0.05, 0.1) is 23.4 Å². The number of nitriles is 1. The van der Waals surface area contributed by atoms with Crippen LogP contribution in [0.15, 0.2) is 60.8 Å². The Kier molecular flexibility index (Phi) is 9.32. The van der Waals surface area contributed by atoms with Crippen molar-refractivity contribution in [3.05, 3.63) is 88.6 Å². The molecule has 52 heavy (non-hydrogen) atoms. The third-order valence-corrected chi connectivity index (χ3v) is 11.4. The van der Waals surface area contributed by atoms with Crippen LogP contribution in [0.1, 0.15) is 70.6 Å². The van der Waals surface area contributed by atoms with Gasteiger partial charge in [-0.15, -0.1) is 0 Å². The van der Waals surface area contributed by atoms with Gasteiger partial charge in [-0.2, -0.15) is 5.26 Å². The van der Waals surface area contributed by atoms with E-state index in [0.717, 1.165) is 98.5 Å². The summed E-state index contributed by atoms with van der Waals surface area (Å²) in [4.78, 5) is 49.3. The summed E-state index contributed by atoms with van der Waals surface area (Å²) in [5, 5.41) is 12.9. The van der Waals surface area contributed by atoms with E-state index in [0.29, 0.717) is 36.6 Å². The number of ether oxygens (including phenoxy) is 1. The van der Waals surface area contributed by atoms with Crippen LogP contribution in [0.3, 0.4) is 0 Å². The number of nitrogens with zero attached hydrogens (tertiary/aromatic N) is 5. The Hall–Kier alpha value is -5.34. The van der Waals surface area contributed by atoms with Crippen molar-refractivity contribution in [1.82, 2.24) is 20.1 Å². The molecule has 268 valence electrons. The second-order valence-corrected chi connectivity index (χ2v) is 14.6. The van der Waals surface area contributed by atoms with Gasteiger partial charge in [-0.3, -0.25) is 24.6 Å². The SMILES string of the molecule is Cc1ccc(N2CC[C@H](c3ccc(OCCCCN4CCN(c5ccc6c(c5)CN(C5CCC(=O)NC5=O)C6=O)CC4)cc3)C2)c2[nH]cc(C#N)c12. The number of anilines is 2. The van der Waals surface area contributed by atoms with E-state index in [2.05, 4.69) is 80.5 Å². The highest BCUT2D eigenvalue weighted by Crippen LogP contribution is 2.37. The van der Waals surface area contributed by atoms with Crippen molar-refractivity contribution in [3.63, 3.8) is 0 Å². The van der Waals surface area contributed by atoms with Crippen LogP contribution in [0.2, 0.25) is 0 Å². The molecule has 2 atom stereocenters. The molecule has 3 fully saturated rings. The van der Waals surface area contributed by atoms with Crippen LogP contribution in [-0.4, -0.2) is 91.0 Å². The van der Waals surface area contributed by atoms with E-state index in [1.54, 1.807) is 4.90 Å². The van der Waals surface area contributed by atoms with Gasteiger partial charge in [0.1, 0.15) is 17.9 Å². The number of nitrogens with one attached hydrogen (secondary N) is 2. The molecule has 0 aliphatic carbocycles. The summed E-state index contributed by atoms with van der Waals surface area (Å²) in [7, 11) is 0. The first-order valence-corrected chi connectivity index (χ1v) is 18.6. The predicted molar refractivity (Wildman–Crippen MR) is 200 cm³/mol. The normalized spacial score (nSPS) is 20.8. The fourth-order valence-electron chi connectivity index (χ4n) is 8.46. The van der Waals surface area contributed by atoms with Crippen LogP contribution < -0.4 is 19.9 Å². The lowest BCUT2D eigenvalue weighted by Crippen LogP contribution is -2.52. The zero-order chi connectivity index (χ0) is 35.8. The van der Waals surface area contributed by atoms with Gasteiger partial charge in [0.2, 0.25) is 11.8 Å². The van der Waals surface area contributed by atoms with E-state index in [1.165, 1.54) is 11.3 Å². The van der Waals surface area contributed by atoms with E-state index in [1.807, 2.05) is 18.3 Å². The Balaban J connectivity index is 0.754. The van der Waals surface area contributed by atoms with Crippen molar-refractivity contribution in [2.24, 2.45) is 0 Å². The van der Waals surface area contributed by atoms with Gasteiger partial charge in [-0.05, 0) is 92.2 Å². The average Bonchev–Trinajstić information content (AvgIpc) is 3.90. The predicted octanol–water partition coefficient (Wildman–Crippen LogP) is 5.08. The largest absolute Gasteiger partial charge is 0.494 e. The quantitative estimate of drug-likeness (QED) is 0.174. The summed E-state index contributed by atoms with van der Waals surface area (Å²) >= 11 is 0. The fourth-order valence-corrected chi connectivity index (χ4v) is 8.46. The third kappa shape index (κ3) is 6.59. The number of unbranched alkanes of at least 4 members (excludes halogenated alkanes) is 1. The number of carbonyl (C=O) groups excluding carboxylic acids is 3. The van der Waals surface area contributed by atoms with Gasteiger partial charge in [0, 0.05) is 81.0 Å². The lowest BCUT2D eigenvalue weighted by Gasteiger charge is -2.36. The maximum absolute atomic E-state index is 13.1. The highest BCUT2D eigenvalue weighted by Gasteiger charge is 2.39. The molecule has 3 aromatic carbocycles. The summed E-state index contributed by atoms with van der Waals surface area (Å²) in [5.74, 6) is 0.591. The highest BCUT2D eigenvalue weighted by molar-refractivity contribution is 6.05. The van der Waals surface area contributed by atoms with E-state index < -0.39 is 6.04 Å². The van der Waals surface area contributed by atoms with Crippen LogP contribution in [0.25, 0.3) is 10.9 Å². The third-order valence-electron chi connectivity index (χ3n) is 11.4. The zero-order valence-corrected chi connectivity index (χ0v) is 29.7. The molecule has 11 heteroatoms. The molecule has 0 saturated carbocycles. The number of H-pyrrole nitrogens is 1. The number of imide groups is 1. The molecule has 0 bridgehead atoms. The van der Waals surface area contributed by atoms with Crippen molar-refractivity contribution in [2.75, 3.05) is 62.2 Å². The molecule has 0 radical (unpaired) electrons. The summed E-state index contributed by atoms with van der Waals surface area (Å²) in [6.07, 6.45) is 5.62. The molecule has 4 aliphatic rings. The van der Waals surface area contributed by atoms with Crippen molar-refractivity contribution >= 4 is 40.0 Å². The average molecular weight is 700 g/mol. The maximum Gasteiger partial charge on any atom is 0.255 e. The number of amides is 3. The van der Waals surface area contributed by atoms with Crippen LogP contribution in [0.5, 0.6) is 5.75 Å². The van der Waals surface area contributed by atoms with Crippen molar-refractivity contribution in [1.29, 1.82) is 5.26 Å². The Bertz CT molecular complexity index is 2040. The number of fused-ring (bicyclic) bond motifs is 2. The molecule has 0 spiro atoms. The number of aromatic amines is 1. The van der Waals surface area contributed by atoms with Crippen LogP contribution in [0.4, 0.5) is 11.4 Å². The number of carbonyl (C=O) groups is 3. The standard InChI is InChI=1S/C41H45N7O4/c1-27-4-11-35(39-38(27)31(23-42)24-43-39)47-16-14-29(25-47)28-5-8-33(9-6-28)52-21-3-2-15-45-17-19-46(20-18-45)32-7-10-34-30(22-32)26-48(41(34)51)36-12-13-37(49)44-40(36)50/h4-11,22,24,29,36,43H,2-3,12-21,25-26H2,1H3,(H,44,49,50)/t29-,36?/m0/s1. The number of aryl methyl sites for hydroxylation is 1. The lowest BCUT2D eigenvalue weighted by atomic mass is 9.98. The second-order valence-electron chi connectivity index (χ2n) is 14.6. The van der Waals surface area contributed by atoms with Crippen molar-refractivity contribution in [3.8, 4) is 11.8 Å². The van der Waals surface area contributed by atoms with E-state index in [-0.39, 0.29) is 24.1 Å². The van der Waals surface area contributed by atoms with Gasteiger partial charge in [-0.1, -0.05) is 18.2 Å². The zero-order valence-electron chi connectivity index (χ0n) is 29.7. The molecule has 1 unspecified atom stereocenters. The van der Waals surface area contributed by atoms with Crippen LogP contribution >= 0.6 is 0 Å². The van der Waals surface area contributed by atoms with Gasteiger partial charge in [-0.25, -0.2) is 0 Å². The molecule has 5 heterocycles. The highest BCUT2D eigenvalue weighted by atomic mass is 16.5. The molecule has 11 nitrogen and oxygen atoms in total. The molecular formula is C41H45N7O4. The number of hydrogen-bond donors (Lipinski definition) is 2. The molecule has 1 aromatic heterocycles. The summed E-state index contributed by atoms with van der Waals surface area (Å²) < 4.78 is 6.12. The number of piperidine rings is 1. The summed E-state index contributed by atoms with van der Waals surface area (Å²) in [6.45, 7) is 9.97. The minimum absolute atomic E-state index is 0.131. The number of hydrogen-bond acceptors (Lipinski definition) is 8. The van der Waals surface area contributed by atoms with Crippen molar-refractivity contribution < 1.29 is 19.1 Å². The minimum Gasteiger partial charge on any atom is -0.494 e. The van der Waals surface area contributed by atoms with Gasteiger partial charge >= 0.3 is 0 Å². The Morgan fingerprint density at radius 2 is 1.75 bits per heavy atom. The minimum atomic E-state index is -0.589. The monoisotopic (exact) mass is 699 g/mol. The van der Waals surface area contributed by atoms with Crippen LogP contribution in [0, 0.1) is 18.3 Å². The van der Waals surface area contributed by atoms with Crippen molar-refractivity contribution in [2.45, 2.75) is 57.5 Å². The van der Waals surface area contributed by atoms with Crippen LogP contribution in [-0.2, 0) is 16.1 Å². The maximum atomic E-state index is 13.1. The molecule has 2 N–H and O–H groups in total. The van der Waals surface area contributed by atoms with Gasteiger partial charge in [0.25, 0.3) is 5.91 Å². The number of piperazine rings is 1. The Labute approximate surface area is 304 Å². The fraction of sp³-hybridized carbons (Fsp3) is 0.415. The summed E-state index contributed by atoms with van der Waals surface area (Å²) in [6, 6.07) is 20.7. The second kappa shape index (κ2) is 14.4. The molecule has 4 aromatic rings.